The summed E-state index contributed by atoms with van der Waals surface area (Å²) in [6, 6.07) is 6.10. The Bertz CT molecular complexity index is 471. The molecule has 0 bridgehead atoms. The normalized spacial score (nSPS) is 18.2. The molecule has 1 aliphatic heterocycles. The van der Waals surface area contributed by atoms with Crippen LogP contribution in [0.1, 0.15) is 24.0 Å². The van der Waals surface area contributed by atoms with Crippen LogP contribution in [0.15, 0.2) is 22.7 Å². The Morgan fingerprint density at radius 1 is 1.47 bits per heavy atom. The van der Waals surface area contributed by atoms with Crippen LogP contribution in [-0.4, -0.2) is 24.7 Å². The fourth-order valence-corrected chi connectivity index (χ4v) is 2.74. The fourth-order valence-electron chi connectivity index (χ4n) is 2.34. The lowest BCUT2D eigenvalue weighted by molar-refractivity contribution is -0.128. The van der Waals surface area contributed by atoms with E-state index < -0.39 is 5.54 Å². The molecule has 0 spiro atoms. The Kier molecular flexibility index (Phi) is 4.60. The van der Waals surface area contributed by atoms with Crippen molar-refractivity contribution in [2.45, 2.75) is 31.8 Å². The number of ether oxygens (including phenoxy) is 1. The van der Waals surface area contributed by atoms with E-state index in [0.29, 0.717) is 32.6 Å². The van der Waals surface area contributed by atoms with Crippen LogP contribution in [0.5, 0.6) is 0 Å². The third kappa shape index (κ3) is 3.16. The van der Waals surface area contributed by atoms with Crippen molar-refractivity contribution in [1.82, 2.24) is 5.32 Å². The molecule has 0 aliphatic carbocycles. The summed E-state index contributed by atoms with van der Waals surface area (Å²) in [7, 11) is 0. The van der Waals surface area contributed by atoms with Crippen LogP contribution >= 0.6 is 15.9 Å². The number of carbonyl (C=O) groups excluding carboxylic acids is 1. The molecule has 0 aromatic heterocycles. The molecule has 1 saturated heterocycles. The minimum absolute atomic E-state index is 0.292. The number of halogens is 1. The molecule has 19 heavy (non-hydrogen) atoms. The first-order valence-corrected chi connectivity index (χ1v) is 7.21. The number of hydrogen-bond acceptors (Lipinski definition) is 3. The molecule has 1 aromatic rings. The molecule has 0 unspecified atom stereocenters. The largest absolute Gasteiger partial charge is 0.381 e. The monoisotopic (exact) mass is 326 g/mol. The van der Waals surface area contributed by atoms with Gasteiger partial charge in [-0.1, -0.05) is 34.1 Å². The maximum Gasteiger partial charge on any atom is 0.237 e. The molecule has 5 heteroatoms. The van der Waals surface area contributed by atoms with Gasteiger partial charge in [-0.05, 0) is 30.9 Å². The van der Waals surface area contributed by atoms with Crippen molar-refractivity contribution in [3.63, 3.8) is 0 Å². The van der Waals surface area contributed by atoms with E-state index in [2.05, 4.69) is 21.2 Å². The Balaban J connectivity index is 2.11. The molecule has 104 valence electrons. The summed E-state index contributed by atoms with van der Waals surface area (Å²) in [5.41, 5.74) is 7.24. The standard InChI is InChI=1S/C14H19BrN2O2/c1-10-3-2-4-11(12(10)15)9-17-14(13(16)18)5-7-19-8-6-14/h2-4,17H,5-9H2,1H3,(H2,16,18). The van der Waals surface area contributed by atoms with Crippen LogP contribution in [0.3, 0.4) is 0 Å². The minimum Gasteiger partial charge on any atom is -0.381 e. The number of nitrogens with two attached hydrogens (primary N) is 1. The molecule has 1 heterocycles. The molecule has 0 radical (unpaired) electrons. The summed E-state index contributed by atoms with van der Waals surface area (Å²) >= 11 is 3.58. The van der Waals surface area contributed by atoms with E-state index in [1.165, 1.54) is 5.56 Å². The second-order valence-corrected chi connectivity index (χ2v) is 5.75. The van der Waals surface area contributed by atoms with Crippen molar-refractivity contribution < 1.29 is 9.53 Å². The Labute approximate surface area is 121 Å². The molecular weight excluding hydrogens is 308 g/mol. The Morgan fingerprint density at radius 3 is 2.79 bits per heavy atom. The van der Waals surface area contributed by atoms with Gasteiger partial charge in [-0.2, -0.15) is 0 Å². The van der Waals surface area contributed by atoms with Crippen LogP contribution in [0, 0.1) is 6.92 Å². The van der Waals surface area contributed by atoms with E-state index in [-0.39, 0.29) is 5.91 Å². The lowest BCUT2D eigenvalue weighted by atomic mass is 9.89. The van der Waals surface area contributed by atoms with Crippen molar-refractivity contribution in [2.24, 2.45) is 5.73 Å². The predicted molar refractivity (Wildman–Crippen MR) is 77.7 cm³/mol. The zero-order chi connectivity index (χ0) is 13.9. The fraction of sp³-hybridized carbons (Fsp3) is 0.500. The number of benzene rings is 1. The van der Waals surface area contributed by atoms with Gasteiger partial charge in [-0.3, -0.25) is 10.1 Å². The van der Waals surface area contributed by atoms with Crippen molar-refractivity contribution in [2.75, 3.05) is 13.2 Å². The zero-order valence-electron chi connectivity index (χ0n) is 11.0. The van der Waals surface area contributed by atoms with Gasteiger partial charge in [0.2, 0.25) is 5.91 Å². The highest BCUT2D eigenvalue weighted by Gasteiger charge is 2.37. The van der Waals surface area contributed by atoms with Gasteiger partial charge in [-0.25, -0.2) is 0 Å². The third-order valence-electron chi connectivity index (χ3n) is 3.71. The summed E-state index contributed by atoms with van der Waals surface area (Å²) < 4.78 is 6.39. The van der Waals surface area contributed by atoms with Gasteiger partial charge in [0.1, 0.15) is 5.54 Å². The molecule has 1 fully saturated rings. The summed E-state index contributed by atoms with van der Waals surface area (Å²) in [6.07, 6.45) is 1.26. The van der Waals surface area contributed by atoms with Gasteiger partial charge in [0.25, 0.3) is 0 Å². The number of carbonyl (C=O) groups is 1. The minimum atomic E-state index is -0.637. The number of aryl methyl sites for hydroxylation is 1. The highest BCUT2D eigenvalue weighted by molar-refractivity contribution is 9.10. The van der Waals surface area contributed by atoms with Crippen molar-refractivity contribution >= 4 is 21.8 Å². The Morgan fingerprint density at radius 2 is 2.16 bits per heavy atom. The van der Waals surface area contributed by atoms with E-state index in [9.17, 15) is 4.79 Å². The van der Waals surface area contributed by atoms with Gasteiger partial charge in [0, 0.05) is 24.2 Å². The number of rotatable bonds is 4. The van der Waals surface area contributed by atoms with Gasteiger partial charge in [-0.15, -0.1) is 0 Å². The lowest BCUT2D eigenvalue weighted by Crippen LogP contribution is -2.58. The van der Waals surface area contributed by atoms with E-state index in [1.807, 2.05) is 25.1 Å². The number of hydrogen-bond donors (Lipinski definition) is 2. The van der Waals surface area contributed by atoms with Crippen LogP contribution in [0.25, 0.3) is 0 Å². The molecule has 1 amide bonds. The summed E-state index contributed by atoms with van der Waals surface area (Å²) in [5, 5.41) is 3.33. The van der Waals surface area contributed by atoms with Crippen LogP contribution in [-0.2, 0) is 16.1 Å². The number of primary amides is 1. The van der Waals surface area contributed by atoms with E-state index >= 15 is 0 Å². The molecule has 4 nitrogen and oxygen atoms in total. The predicted octanol–water partition coefficient (Wildman–Crippen LogP) is 1.88. The van der Waals surface area contributed by atoms with Gasteiger partial charge < -0.3 is 10.5 Å². The molecule has 1 aliphatic rings. The molecule has 3 N–H and O–H groups in total. The van der Waals surface area contributed by atoms with E-state index in [0.717, 1.165) is 10.0 Å². The summed E-state index contributed by atoms with van der Waals surface area (Å²) in [4.78, 5) is 11.7. The van der Waals surface area contributed by atoms with Crippen LogP contribution in [0.4, 0.5) is 0 Å². The van der Waals surface area contributed by atoms with E-state index in [4.69, 9.17) is 10.5 Å². The summed E-state index contributed by atoms with van der Waals surface area (Å²) in [5.74, 6) is -0.292. The SMILES string of the molecule is Cc1cccc(CNC2(C(N)=O)CCOCC2)c1Br. The quantitative estimate of drug-likeness (QED) is 0.887. The smallest absolute Gasteiger partial charge is 0.237 e. The average Bonchev–Trinajstić information content (AvgIpc) is 2.41. The second-order valence-electron chi connectivity index (χ2n) is 4.96. The van der Waals surface area contributed by atoms with Crippen molar-refractivity contribution in [1.29, 1.82) is 0 Å². The van der Waals surface area contributed by atoms with E-state index in [1.54, 1.807) is 0 Å². The van der Waals surface area contributed by atoms with Gasteiger partial charge >= 0.3 is 0 Å². The molecule has 0 atom stereocenters. The van der Waals surface area contributed by atoms with Crippen molar-refractivity contribution in [3.8, 4) is 0 Å². The Hall–Kier alpha value is -0.910. The molecular formula is C14H19BrN2O2. The first-order chi connectivity index (χ1) is 9.05. The van der Waals surface area contributed by atoms with Gasteiger partial charge in [0.05, 0.1) is 0 Å². The number of nitrogens with one attached hydrogen (secondary N) is 1. The summed E-state index contributed by atoms with van der Waals surface area (Å²) in [6.45, 7) is 3.81. The first kappa shape index (κ1) is 14.5. The maximum atomic E-state index is 11.7. The second kappa shape index (κ2) is 6.03. The first-order valence-electron chi connectivity index (χ1n) is 6.42. The highest BCUT2D eigenvalue weighted by atomic mass is 79.9. The van der Waals surface area contributed by atoms with Gasteiger partial charge in [0.15, 0.2) is 0 Å². The molecule has 0 saturated carbocycles. The lowest BCUT2D eigenvalue weighted by Gasteiger charge is -2.35. The molecule has 1 aromatic carbocycles. The molecule has 2 rings (SSSR count). The average molecular weight is 327 g/mol. The van der Waals surface area contributed by atoms with Crippen LogP contribution < -0.4 is 11.1 Å². The van der Waals surface area contributed by atoms with Crippen molar-refractivity contribution in [3.05, 3.63) is 33.8 Å². The number of amides is 1. The van der Waals surface area contributed by atoms with Crippen LogP contribution in [0.2, 0.25) is 0 Å². The topological polar surface area (TPSA) is 64.3 Å². The third-order valence-corrected chi connectivity index (χ3v) is 4.84. The highest BCUT2D eigenvalue weighted by Crippen LogP contribution is 2.24. The maximum absolute atomic E-state index is 11.7. The zero-order valence-corrected chi connectivity index (χ0v) is 12.6.